The van der Waals surface area contributed by atoms with E-state index in [9.17, 15) is 9.18 Å². The predicted molar refractivity (Wildman–Crippen MR) is 127 cm³/mol. The first-order valence-corrected chi connectivity index (χ1v) is 11.2. The summed E-state index contributed by atoms with van der Waals surface area (Å²) in [6.07, 6.45) is 3.86. The van der Waals surface area contributed by atoms with E-state index in [1.807, 2.05) is 54.4 Å². The highest BCUT2D eigenvalue weighted by Crippen LogP contribution is 2.35. The third-order valence-electron chi connectivity index (χ3n) is 6.11. The fraction of sp³-hybridized carbons (Fsp3) is 0.346. The van der Waals surface area contributed by atoms with Crippen molar-refractivity contribution in [3.63, 3.8) is 0 Å². The van der Waals surface area contributed by atoms with Gasteiger partial charge in [-0.15, -0.1) is 0 Å². The first-order valence-electron chi connectivity index (χ1n) is 11.2. The van der Waals surface area contributed by atoms with Crippen molar-refractivity contribution in [1.29, 1.82) is 0 Å². The van der Waals surface area contributed by atoms with Gasteiger partial charge in [-0.2, -0.15) is 0 Å². The molecule has 2 heterocycles. The SMILES string of the molecule is COc1ccc(-c2cnc(N(C)C)nc2C2CCN(C(=O)Cc3ccc(F)cc3)CC2)cc1. The Kier molecular flexibility index (Phi) is 6.87. The zero-order chi connectivity index (χ0) is 23.4. The average Bonchev–Trinajstić information content (AvgIpc) is 2.85. The number of likely N-dealkylation sites (tertiary alicyclic amines) is 1. The maximum Gasteiger partial charge on any atom is 0.226 e. The van der Waals surface area contributed by atoms with Gasteiger partial charge in [0.1, 0.15) is 11.6 Å². The van der Waals surface area contributed by atoms with Gasteiger partial charge in [0.05, 0.1) is 19.2 Å². The molecule has 1 aliphatic rings. The number of piperidine rings is 1. The molecule has 1 aromatic heterocycles. The van der Waals surface area contributed by atoms with Gasteiger partial charge in [-0.05, 0) is 48.2 Å². The van der Waals surface area contributed by atoms with Crippen molar-refractivity contribution in [2.45, 2.75) is 25.2 Å². The molecule has 0 spiro atoms. The molecule has 6 nitrogen and oxygen atoms in total. The van der Waals surface area contributed by atoms with Gasteiger partial charge in [-0.1, -0.05) is 24.3 Å². The van der Waals surface area contributed by atoms with Crippen LogP contribution in [0.2, 0.25) is 0 Å². The summed E-state index contributed by atoms with van der Waals surface area (Å²) >= 11 is 0. The molecule has 2 aromatic carbocycles. The molecule has 0 atom stereocenters. The minimum Gasteiger partial charge on any atom is -0.497 e. The van der Waals surface area contributed by atoms with Crippen LogP contribution in [0.25, 0.3) is 11.1 Å². The van der Waals surface area contributed by atoms with E-state index < -0.39 is 0 Å². The molecule has 1 saturated heterocycles. The second kappa shape index (κ2) is 9.98. The minimum atomic E-state index is -0.290. The number of anilines is 1. The Hall–Kier alpha value is -3.48. The van der Waals surface area contributed by atoms with Crippen molar-refractivity contribution in [3.8, 4) is 16.9 Å². The summed E-state index contributed by atoms with van der Waals surface area (Å²) in [6, 6.07) is 14.1. The van der Waals surface area contributed by atoms with E-state index in [1.165, 1.54) is 12.1 Å². The normalized spacial score (nSPS) is 14.2. The fourth-order valence-corrected chi connectivity index (χ4v) is 4.20. The Morgan fingerprint density at radius 3 is 2.36 bits per heavy atom. The highest BCUT2D eigenvalue weighted by molar-refractivity contribution is 5.79. The monoisotopic (exact) mass is 448 g/mol. The van der Waals surface area contributed by atoms with Crippen molar-refractivity contribution in [2.24, 2.45) is 0 Å². The molecule has 172 valence electrons. The number of carbonyl (C=O) groups is 1. The van der Waals surface area contributed by atoms with Crippen LogP contribution in [0.3, 0.4) is 0 Å². The van der Waals surface area contributed by atoms with Crippen LogP contribution in [0.1, 0.15) is 30.0 Å². The molecule has 0 unspecified atom stereocenters. The van der Waals surface area contributed by atoms with E-state index in [4.69, 9.17) is 9.72 Å². The smallest absolute Gasteiger partial charge is 0.226 e. The molecule has 0 bridgehead atoms. The largest absolute Gasteiger partial charge is 0.497 e. The van der Waals surface area contributed by atoms with Gasteiger partial charge in [0, 0.05) is 44.9 Å². The van der Waals surface area contributed by atoms with E-state index in [2.05, 4.69) is 4.98 Å². The molecule has 33 heavy (non-hydrogen) atoms. The third kappa shape index (κ3) is 5.30. The Balaban J connectivity index is 1.50. The standard InChI is InChI=1S/C26H29FN4O2/c1-30(2)26-28-17-23(19-6-10-22(33-3)11-7-19)25(29-26)20-12-14-31(15-13-20)24(32)16-18-4-8-21(27)9-5-18/h4-11,17,20H,12-16H2,1-3H3. The molecule has 0 N–H and O–H groups in total. The lowest BCUT2D eigenvalue weighted by molar-refractivity contribution is -0.131. The quantitative estimate of drug-likeness (QED) is 0.563. The first kappa shape index (κ1) is 22.7. The van der Waals surface area contributed by atoms with E-state index in [1.54, 1.807) is 19.2 Å². The number of aromatic nitrogens is 2. The van der Waals surface area contributed by atoms with E-state index >= 15 is 0 Å². The lowest BCUT2D eigenvalue weighted by Gasteiger charge is -2.33. The summed E-state index contributed by atoms with van der Waals surface area (Å²) < 4.78 is 18.4. The lowest BCUT2D eigenvalue weighted by Crippen LogP contribution is -2.39. The number of halogens is 1. The summed E-state index contributed by atoms with van der Waals surface area (Å²) in [5.41, 5.74) is 3.91. The van der Waals surface area contributed by atoms with Crippen LogP contribution in [0.4, 0.5) is 10.3 Å². The summed E-state index contributed by atoms with van der Waals surface area (Å²) in [6.45, 7) is 1.35. The zero-order valence-corrected chi connectivity index (χ0v) is 19.3. The predicted octanol–water partition coefficient (Wildman–Crippen LogP) is 4.31. The van der Waals surface area contributed by atoms with E-state index in [0.717, 1.165) is 41.0 Å². The number of ether oxygens (including phenoxy) is 1. The van der Waals surface area contributed by atoms with Crippen LogP contribution >= 0.6 is 0 Å². The molecule has 4 rings (SSSR count). The molecule has 1 fully saturated rings. The second-order valence-electron chi connectivity index (χ2n) is 8.55. The van der Waals surface area contributed by atoms with E-state index in [0.29, 0.717) is 25.5 Å². The topological polar surface area (TPSA) is 58.6 Å². The van der Waals surface area contributed by atoms with Gasteiger partial charge in [0.2, 0.25) is 11.9 Å². The number of carbonyl (C=O) groups excluding carboxylic acids is 1. The van der Waals surface area contributed by atoms with Crippen molar-refractivity contribution in [1.82, 2.24) is 14.9 Å². The summed E-state index contributed by atoms with van der Waals surface area (Å²) in [4.78, 5) is 26.0. The van der Waals surface area contributed by atoms with Crippen LogP contribution in [-0.2, 0) is 11.2 Å². The number of methoxy groups -OCH3 is 1. The fourth-order valence-electron chi connectivity index (χ4n) is 4.20. The lowest BCUT2D eigenvalue weighted by atomic mass is 9.88. The van der Waals surface area contributed by atoms with Crippen LogP contribution in [0.5, 0.6) is 5.75 Å². The third-order valence-corrected chi connectivity index (χ3v) is 6.11. The number of nitrogens with zero attached hydrogens (tertiary/aromatic N) is 4. The maximum absolute atomic E-state index is 13.1. The van der Waals surface area contributed by atoms with Crippen molar-refractivity contribution in [2.75, 3.05) is 39.2 Å². The Labute approximate surface area is 194 Å². The first-order chi connectivity index (χ1) is 15.9. The van der Waals surface area contributed by atoms with Gasteiger partial charge < -0.3 is 14.5 Å². The van der Waals surface area contributed by atoms with Gasteiger partial charge in [0.15, 0.2) is 0 Å². The van der Waals surface area contributed by atoms with Gasteiger partial charge >= 0.3 is 0 Å². The Bertz CT molecular complexity index is 1090. The van der Waals surface area contributed by atoms with Crippen molar-refractivity contribution >= 4 is 11.9 Å². The molecule has 3 aromatic rings. The summed E-state index contributed by atoms with van der Waals surface area (Å²) in [7, 11) is 5.52. The summed E-state index contributed by atoms with van der Waals surface area (Å²) in [5, 5.41) is 0. The van der Waals surface area contributed by atoms with Crippen LogP contribution in [-0.4, -0.2) is 55.1 Å². The number of rotatable bonds is 6. The Morgan fingerprint density at radius 1 is 1.09 bits per heavy atom. The Morgan fingerprint density at radius 2 is 1.76 bits per heavy atom. The molecular weight excluding hydrogens is 419 g/mol. The number of hydrogen-bond acceptors (Lipinski definition) is 5. The molecule has 0 radical (unpaired) electrons. The number of benzene rings is 2. The van der Waals surface area contributed by atoms with Crippen molar-refractivity contribution < 1.29 is 13.9 Å². The zero-order valence-electron chi connectivity index (χ0n) is 19.3. The highest BCUT2D eigenvalue weighted by atomic mass is 19.1. The second-order valence-corrected chi connectivity index (χ2v) is 8.55. The van der Waals surface area contributed by atoms with Gasteiger partial charge in [0.25, 0.3) is 0 Å². The average molecular weight is 449 g/mol. The van der Waals surface area contributed by atoms with E-state index in [-0.39, 0.29) is 17.6 Å². The maximum atomic E-state index is 13.1. The highest BCUT2D eigenvalue weighted by Gasteiger charge is 2.27. The van der Waals surface area contributed by atoms with Crippen molar-refractivity contribution in [3.05, 3.63) is 71.8 Å². The van der Waals surface area contributed by atoms with Crippen LogP contribution in [0.15, 0.2) is 54.7 Å². The number of amides is 1. The molecule has 0 aliphatic carbocycles. The van der Waals surface area contributed by atoms with Crippen LogP contribution in [0, 0.1) is 5.82 Å². The number of hydrogen-bond donors (Lipinski definition) is 0. The molecule has 1 aliphatic heterocycles. The summed E-state index contributed by atoms with van der Waals surface area (Å²) in [5.74, 6) is 1.50. The van der Waals surface area contributed by atoms with Gasteiger partial charge in [-0.25, -0.2) is 14.4 Å². The molecule has 1 amide bonds. The molecule has 0 saturated carbocycles. The molecule has 7 heteroatoms. The van der Waals surface area contributed by atoms with Gasteiger partial charge in [-0.3, -0.25) is 4.79 Å². The van der Waals surface area contributed by atoms with Crippen LogP contribution < -0.4 is 9.64 Å². The minimum absolute atomic E-state index is 0.0760. The molecular formula is C26H29FN4O2.